The number of hydrogen-bond donors (Lipinski definition) is 3. The van der Waals surface area contributed by atoms with Gasteiger partial charge < -0.3 is 20.1 Å². The lowest BCUT2D eigenvalue weighted by atomic mass is 9.35. The molecule has 0 aromatic carbocycles. The SMILES string of the molecule is COC(=O)[C@]12CC[C@@H](C)[C@H](C)[C@H]1C1=CC[C@@H]3[C@@]4(C)C[C@@H](O)[C@H](O)[C@@](C)(CO)C4=CC[C@@]3(C)[C@]1(C)CC2. The fraction of sp³-hybridized carbons (Fsp3) is 0.839. The maximum absolute atomic E-state index is 13.4. The molecule has 202 valence electrons. The van der Waals surface area contributed by atoms with Crippen LogP contribution in [0.15, 0.2) is 23.3 Å². The van der Waals surface area contributed by atoms with E-state index in [4.69, 9.17) is 4.74 Å². The molecular formula is C31H48O5. The van der Waals surface area contributed by atoms with Crippen LogP contribution in [0.25, 0.3) is 0 Å². The van der Waals surface area contributed by atoms with E-state index >= 15 is 0 Å². The van der Waals surface area contributed by atoms with Gasteiger partial charge in [0.1, 0.15) is 0 Å². The highest BCUT2D eigenvalue weighted by molar-refractivity contribution is 5.78. The zero-order chi connectivity index (χ0) is 26.5. The molecule has 36 heavy (non-hydrogen) atoms. The van der Waals surface area contributed by atoms with Crippen molar-refractivity contribution in [3.8, 4) is 0 Å². The summed E-state index contributed by atoms with van der Waals surface area (Å²) in [6, 6.07) is 0. The van der Waals surface area contributed by atoms with Gasteiger partial charge in [0.25, 0.3) is 0 Å². The summed E-state index contributed by atoms with van der Waals surface area (Å²) in [5.74, 6) is 1.44. The quantitative estimate of drug-likeness (QED) is 0.365. The van der Waals surface area contributed by atoms with E-state index in [1.54, 1.807) is 7.11 Å². The van der Waals surface area contributed by atoms with Crippen molar-refractivity contribution in [2.24, 2.45) is 50.7 Å². The first kappa shape index (κ1) is 26.4. The van der Waals surface area contributed by atoms with Gasteiger partial charge in [-0.05, 0) is 84.9 Å². The molecule has 0 unspecified atom stereocenters. The molecule has 0 radical (unpaired) electrons. The fourth-order valence-corrected chi connectivity index (χ4v) is 10.5. The van der Waals surface area contributed by atoms with Crippen molar-refractivity contribution in [3.63, 3.8) is 0 Å². The summed E-state index contributed by atoms with van der Waals surface area (Å²) in [4.78, 5) is 13.4. The second-order valence-electron chi connectivity index (χ2n) is 14.2. The Morgan fingerprint density at radius 1 is 1.08 bits per heavy atom. The van der Waals surface area contributed by atoms with Crippen molar-refractivity contribution < 1.29 is 24.9 Å². The Morgan fingerprint density at radius 3 is 2.42 bits per heavy atom. The highest BCUT2D eigenvalue weighted by atomic mass is 16.5. The lowest BCUT2D eigenvalue weighted by molar-refractivity contribution is -0.176. The number of rotatable bonds is 2. The predicted octanol–water partition coefficient (Wildman–Crippen LogP) is 5.04. The van der Waals surface area contributed by atoms with Crippen LogP contribution >= 0.6 is 0 Å². The van der Waals surface area contributed by atoms with Gasteiger partial charge >= 0.3 is 5.97 Å². The Balaban J connectivity index is 1.64. The topological polar surface area (TPSA) is 87.0 Å². The summed E-state index contributed by atoms with van der Waals surface area (Å²) < 4.78 is 5.47. The highest BCUT2D eigenvalue weighted by Crippen LogP contribution is 2.74. The van der Waals surface area contributed by atoms with E-state index in [-0.39, 0.29) is 40.7 Å². The monoisotopic (exact) mass is 500 g/mol. The molecule has 5 nitrogen and oxygen atoms in total. The van der Waals surface area contributed by atoms with E-state index in [1.807, 2.05) is 6.92 Å². The Hall–Kier alpha value is -1.17. The van der Waals surface area contributed by atoms with Crippen LogP contribution in [0.2, 0.25) is 0 Å². The number of aliphatic hydroxyl groups excluding tert-OH is 3. The van der Waals surface area contributed by atoms with Gasteiger partial charge in [-0.3, -0.25) is 4.79 Å². The lowest BCUT2D eigenvalue weighted by Crippen LogP contribution is -2.65. The number of allylic oxidation sites excluding steroid dienone is 3. The largest absolute Gasteiger partial charge is 0.469 e. The van der Waals surface area contributed by atoms with Crippen LogP contribution < -0.4 is 0 Å². The number of carbonyl (C=O) groups is 1. The van der Waals surface area contributed by atoms with Gasteiger partial charge in [0.15, 0.2) is 0 Å². The van der Waals surface area contributed by atoms with Crippen LogP contribution in [0.5, 0.6) is 0 Å². The van der Waals surface area contributed by atoms with Gasteiger partial charge in [-0.15, -0.1) is 0 Å². The van der Waals surface area contributed by atoms with Gasteiger partial charge in [0.2, 0.25) is 0 Å². The third-order valence-corrected chi connectivity index (χ3v) is 13.0. The van der Waals surface area contributed by atoms with Crippen molar-refractivity contribution >= 4 is 5.97 Å². The zero-order valence-corrected chi connectivity index (χ0v) is 23.4. The number of ether oxygens (including phenoxy) is 1. The van der Waals surface area contributed by atoms with Crippen molar-refractivity contribution in [2.75, 3.05) is 13.7 Å². The molecular weight excluding hydrogens is 452 g/mol. The van der Waals surface area contributed by atoms with Crippen molar-refractivity contribution in [1.82, 2.24) is 0 Å². The molecule has 0 heterocycles. The molecule has 0 aromatic rings. The second-order valence-corrected chi connectivity index (χ2v) is 14.2. The van der Waals surface area contributed by atoms with Crippen molar-refractivity contribution in [2.45, 2.75) is 98.7 Å². The van der Waals surface area contributed by atoms with Crippen molar-refractivity contribution in [3.05, 3.63) is 23.3 Å². The molecule has 5 rings (SSSR count). The molecule has 3 N–H and O–H groups in total. The maximum atomic E-state index is 13.4. The first-order valence-electron chi connectivity index (χ1n) is 14.2. The average molecular weight is 501 g/mol. The molecule has 0 aliphatic heterocycles. The Morgan fingerprint density at radius 2 is 1.78 bits per heavy atom. The number of methoxy groups -OCH3 is 1. The van der Waals surface area contributed by atoms with Gasteiger partial charge in [0, 0.05) is 5.41 Å². The van der Waals surface area contributed by atoms with Crippen molar-refractivity contribution in [1.29, 1.82) is 0 Å². The van der Waals surface area contributed by atoms with Gasteiger partial charge in [-0.25, -0.2) is 0 Å². The first-order chi connectivity index (χ1) is 16.8. The standard InChI is InChI=1S/C31H48O5/c1-18-10-13-31(26(35)36-7)15-14-29(5)20(24(31)19(18)2)8-9-23-27(3)16-21(33)25(34)28(4,17-32)22(27)11-12-30(23,29)6/h8,11,18-19,21,23-25,32-34H,9-10,12-17H2,1-7H3/t18-,19+,21-,23-,24+,25+,27+,28+,29-,30-,31+/m1/s1. The number of esters is 1. The van der Waals surface area contributed by atoms with Crippen LogP contribution in [-0.2, 0) is 9.53 Å². The van der Waals surface area contributed by atoms with E-state index in [0.29, 0.717) is 18.3 Å². The summed E-state index contributed by atoms with van der Waals surface area (Å²) in [6.45, 7) is 13.6. The Kier molecular flexibility index (Phi) is 6.00. The van der Waals surface area contributed by atoms with Gasteiger partial charge in [-0.1, -0.05) is 64.8 Å². The number of fused-ring (bicyclic) bond motifs is 7. The molecule has 0 bridgehead atoms. The number of hydrogen-bond acceptors (Lipinski definition) is 5. The fourth-order valence-electron chi connectivity index (χ4n) is 10.5. The third kappa shape index (κ3) is 2.97. The minimum atomic E-state index is -0.962. The second kappa shape index (κ2) is 8.16. The molecule has 0 amide bonds. The summed E-state index contributed by atoms with van der Waals surface area (Å²) >= 11 is 0. The van der Waals surface area contributed by atoms with Gasteiger partial charge in [0.05, 0.1) is 31.3 Å². The number of carbonyl (C=O) groups excluding carboxylic acids is 1. The minimum absolute atomic E-state index is 0.0256. The Bertz CT molecular complexity index is 1000. The molecule has 3 saturated carbocycles. The van der Waals surface area contributed by atoms with Crippen LogP contribution in [0, 0.1) is 50.7 Å². The zero-order valence-electron chi connectivity index (χ0n) is 23.4. The molecule has 0 spiro atoms. The predicted molar refractivity (Wildman–Crippen MR) is 140 cm³/mol. The molecule has 5 heteroatoms. The van der Waals surface area contributed by atoms with Crippen LogP contribution in [-0.4, -0.2) is 47.2 Å². The summed E-state index contributed by atoms with van der Waals surface area (Å²) in [5.41, 5.74) is 0.919. The first-order valence-corrected chi connectivity index (χ1v) is 14.2. The Labute approximate surface area is 217 Å². The number of aliphatic hydroxyl groups is 3. The van der Waals surface area contributed by atoms with Crippen LogP contribution in [0.3, 0.4) is 0 Å². The van der Waals surface area contributed by atoms with Gasteiger partial charge in [-0.2, -0.15) is 0 Å². The molecule has 0 saturated heterocycles. The van der Waals surface area contributed by atoms with E-state index in [0.717, 1.165) is 44.1 Å². The van der Waals surface area contributed by atoms with Crippen LogP contribution in [0.4, 0.5) is 0 Å². The normalized spacial score (nSPS) is 54.2. The highest BCUT2D eigenvalue weighted by Gasteiger charge is 2.69. The maximum Gasteiger partial charge on any atom is 0.312 e. The molecule has 5 aliphatic rings. The molecule has 0 aromatic heterocycles. The average Bonchev–Trinajstić information content (AvgIpc) is 2.84. The minimum Gasteiger partial charge on any atom is -0.469 e. The smallest absolute Gasteiger partial charge is 0.312 e. The van der Waals surface area contributed by atoms with E-state index < -0.39 is 23.0 Å². The van der Waals surface area contributed by atoms with E-state index in [9.17, 15) is 20.1 Å². The molecule has 11 atom stereocenters. The molecule has 5 aliphatic carbocycles. The van der Waals surface area contributed by atoms with E-state index in [1.165, 1.54) is 5.57 Å². The third-order valence-electron chi connectivity index (χ3n) is 13.0. The summed E-state index contributed by atoms with van der Waals surface area (Å²) in [6.07, 6.45) is 9.06. The molecule has 3 fully saturated rings. The lowest BCUT2D eigenvalue weighted by Gasteiger charge is -2.69. The van der Waals surface area contributed by atoms with E-state index in [2.05, 4.69) is 46.8 Å². The van der Waals surface area contributed by atoms with Crippen LogP contribution in [0.1, 0.15) is 86.5 Å². The summed E-state index contributed by atoms with van der Waals surface area (Å²) in [5, 5.41) is 32.3. The summed E-state index contributed by atoms with van der Waals surface area (Å²) in [7, 11) is 1.55.